The summed E-state index contributed by atoms with van der Waals surface area (Å²) < 4.78 is 6.90. The quantitative estimate of drug-likeness (QED) is 0.357. The Bertz CT molecular complexity index is 1240. The molecule has 1 aromatic heterocycles. The number of Topliss-reactive ketones (excluding diaryl/α,β-unsaturated/α-hetero) is 1. The summed E-state index contributed by atoms with van der Waals surface area (Å²) in [6.07, 6.45) is 13.9. The van der Waals surface area contributed by atoms with E-state index >= 15 is 0 Å². The fourth-order valence-electron chi connectivity index (χ4n) is 8.39. The number of hydrogen-bond donors (Lipinski definition) is 0. The average Bonchev–Trinajstić information content (AvgIpc) is 3.02. The van der Waals surface area contributed by atoms with Crippen molar-refractivity contribution in [3.63, 3.8) is 0 Å². The van der Waals surface area contributed by atoms with Crippen LogP contribution in [0.3, 0.4) is 0 Å². The molecular formula is C31H41N3O4. The number of piperidine rings is 1. The molecule has 2 unspecified atom stereocenters. The molecular weight excluding hydrogens is 478 g/mol. The number of ether oxygens (including phenoxy) is 1. The molecule has 2 saturated carbocycles. The predicted octanol–water partition coefficient (Wildman–Crippen LogP) is 5.45. The summed E-state index contributed by atoms with van der Waals surface area (Å²) in [5.41, 5.74) is 1.15. The third-order valence-corrected chi connectivity index (χ3v) is 9.83. The summed E-state index contributed by atoms with van der Waals surface area (Å²) in [5.74, 6) is 0.912. The third-order valence-electron chi connectivity index (χ3n) is 9.83. The van der Waals surface area contributed by atoms with Gasteiger partial charge in [-0.2, -0.15) is 0 Å². The van der Waals surface area contributed by atoms with Gasteiger partial charge in [0.2, 0.25) is 0 Å². The summed E-state index contributed by atoms with van der Waals surface area (Å²) in [4.78, 5) is 46.4. The number of esters is 1. The third kappa shape index (κ3) is 4.83. The molecule has 7 heteroatoms. The highest BCUT2D eigenvalue weighted by molar-refractivity contribution is 5.97. The standard InChI is InChI=1S/C31H41N3O4/c1-2-38-29(36)15-14-28(35)30-31(37)34(25-12-6-5-11-24(25)32-30)27-19-22-10-7-13-26(27)33(22)23-17-20-8-3-4-9-21(16-20)18-23/h5-6,11-12,20-23,26-27H,2-4,7-10,13-19H2,1H3/t20?,21?,22-,23?,26+,27+/m0/s1. The van der Waals surface area contributed by atoms with Crippen molar-refractivity contribution >= 4 is 22.8 Å². The van der Waals surface area contributed by atoms with Crippen LogP contribution in [0.4, 0.5) is 0 Å². The van der Waals surface area contributed by atoms with Gasteiger partial charge in [0.1, 0.15) is 0 Å². The number of fused-ring (bicyclic) bond motifs is 5. The maximum absolute atomic E-state index is 14.0. The minimum absolute atomic E-state index is 0.0352. The Balaban J connectivity index is 1.34. The van der Waals surface area contributed by atoms with Gasteiger partial charge >= 0.3 is 5.97 Å². The van der Waals surface area contributed by atoms with Crippen LogP contribution in [0.1, 0.15) is 107 Å². The van der Waals surface area contributed by atoms with E-state index in [0.29, 0.717) is 23.6 Å². The van der Waals surface area contributed by atoms with Gasteiger partial charge in [-0.15, -0.1) is 0 Å². The van der Waals surface area contributed by atoms with Crippen LogP contribution in [0.5, 0.6) is 0 Å². The van der Waals surface area contributed by atoms with E-state index < -0.39 is 5.97 Å². The molecule has 0 radical (unpaired) electrons. The zero-order valence-corrected chi connectivity index (χ0v) is 22.6. The maximum Gasteiger partial charge on any atom is 0.306 e. The van der Waals surface area contributed by atoms with Gasteiger partial charge in [-0.1, -0.05) is 44.2 Å². The molecule has 0 N–H and O–H groups in total. The second kappa shape index (κ2) is 10.9. The Kier molecular flexibility index (Phi) is 7.39. The smallest absolute Gasteiger partial charge is 0.306 e. The second-order valence-corrected chi connectivity index (χ2v) is 12.1. The lowest BCUT2D eigenvalue weighted by atomic mass is 9.76. The monoisotopic (exact) mass is 519 g/mol. The molecule has 7 nitrogen and oxygen atoms in total. The first-order valence-corrected chi connectivity index (χ1v) is 15.0. The summed E-state index contributed by atoms with van der Waals surface area (Å²) in [6.45, 7) is 2.02. The van der Waals surface area contributed by atoms with Crippen molar-refractivity contribution in [2.75, 3.05) is 6.61 Å². The van der Waals surface area contributed by atoms with Crippen LogP contribution in [0.25, 0.3) is 11.0 Å². The SMILES string of the molecule is CCOC(=O)CCC(=O)c1nc2ccccc2n([C@@H]2C[C@@H]3CCC[C@H]2N3C2CC3CCCCC(C3)C2)c1=O. The molecule has 4 bridgehead atoms. The maximum atomic E-state index is 14.0. The Hall–Kier alpha value is -2.54. The van der Waals surface area contributed by atoms with Crippen molar-refractivity contribution < 1.29 is 14.3 Å². The largest absolute Gasteiger partial charge is 0.466 e. The van der Waals surface area contributed by atoms with E-state index in [4.69, 9.17) is 4.74 Å². The highest BCUT2D eigenvalue weighted by Crippen LogP contribution is 2.49. The van der Waals surface area contributed by atoms with Gasteiger partial charge < -0.3 is 9.30 Å². The van der Waals surface area contributed by atoms with Crippen LogP contribution in [0, 0.1) is 11.8 Å². The highest BCUT2D eigenvalue weighted by Gasteiger charge is 2.49. The highest BCUT2D eigenvalue weighted by atomic mass is 16.5. The van der Waals surface area contributed by atoms with Gasteiger partial charge in [0, 0.05) is 24.5 Å². The van der Waals surface area contributed by atoms with E-state index in [-0.39, 0.29) is 42.5 Å². The molecule has 6 rings (SSSR count). The van der Waals surface area contributed by atoms with E-state index in [2.05, 4.69) is 9.88 Å². The van der Waals surface area contributed by atoms with E-state index in [1.165, 1.54) is 57.8 Å². The van der Waals surface area contributed by atoms with Crippen molar-refractivity contribution in [2.24, 2.45) is 11.8 Å². The Morgan fingerprint density at radius 1 is 0.895 bits per heavy atom. The van der Waals surface area contributed by atoms with Gasteiger partial charge in [-0.05, 0) is 69.4 Å². The van der Waals surface area contributed by atoms with Crippen molar-refractivity contribution in [3.8, 4) is 0 Å². The minimum atomic E-state index is -0.421. The molecule has 2 aromatic rings. The molecule has 2 aliphatic carbocycles. The molecule has 4 fully saturated rings. The number of ketones is 1. The molecule has 0 spiro atoms. The number of benzene rings is 1. The van der Waals surface area contributed by atoms with Gasteiger partial charge in [0.25, 0.3) is 5.56 Å². The summed E-state index contributed by atoms with van der Waals surface area (Å²) in [7, 11) is 0. The second-order valence-electron chi connectivity index (χ2n) is 12.1. The zero-order chi connectivity index (χ0) is 26.2. The summed E-state index contributed by atoms with van der Waals surface area (Å²) in [6, 6.07) is 9.20. The Morgan fingerprint density at radius 3 is 2.42 bits per heavy atom. The number of nitrogens with zero attached hydrogens (tertiary/aromatic N) is 3. The summed E-state index contributed by atoms with van der Waals surface area (Å²) in [5, 5.41) is 0. The number of carbonyl (C=O) groups excluding carboxylic acids is 2. The van der Waals surface area contributed by atoms with E-state index in [9.17, 15) is 14.4 Å². The van der Waals surface area contributed by atoms with E-state index in [0.717, 1.165) is 30.2 Å². The summed E-state index contributed by atoms with van der Waals surface area (Å²) >= 11 is 0. The molecule has 2 saturated heterocycles. The lowest BCUT2D eigenvalue weighted by molar-refractivity contribution is -0.143. The van der Waals surface area contributed by atoms with Crippen molar-refractivity contribution in [1.82, 2.24) is 14.5 Å². The minimum Gasteiger partial charge on any atom is -0.466 e. The van der Waals surface area contributed by atoms with E-state index in [1.807, 2.05) is 28.8 Å². The molecule has 3 heterocycles. The van der Waals surface area contributed by atoms with Gasteiger partial charge in [0.15, 0.2) is 11.5 Å². The van der Waals surface area contributed by atoms with Crippen LogP contribution < -0.4 is 5.56 Å². The molecule has 0 amide bonds. The first kappa shape index (κ1) is 25.7. The Labute approximate surface area is 224 Å². The first-order chi connectivity index (χ1) is 18.5. The van der Waals surface area contributed by atoms with Crippen molar-refractivity contribution in [3.05, 3.63) is 40.3 Å². The van der Waals surface area contributed by atoms with Crippen LogP contribution >= 0.6 is 0 Å². The molecule has 5 atom stereocenters. The van der Waals surface area contributed by atoms with Gasteiger partial charge in [-0.25, -0.2) is 4.98 Å². The lowest BCUT2D eigenvalue weighted by Crippen LogP contribution is -2.51. The number of rotatable bonds is 7. The van der Waals surface area contributed by atoms with Gasteiger partial charge in [0.05, 0.1) is 30.1 Å². The van der Waals surface area contributed by atoms with Crippen molar-refractivity contribution in [2.45, 2.75) is 115 Å². The molecule has 204 valence electrons. The average molecular weight is 520 g/mol. The fraction of sp³-hybridized carbons (Fsp3) is 0.677. The van der Waals surface area contributed by atoms with Crippen LogP contribution in [0.15, 0.2) is 29.1 Å². The zero-order valence-electron chi connectivity index (χ0n) is 22.6. The number of carbonyl (C=O) groups is 2. The molecule has 4 aliphatic rings. The van der Waals surface area contributed by atoms with Crippen LogP contribution in [-0.2, 0) is 9.53 Å². The number of hydrogen-bond acceptors (Lipinski definition) is 6. The normalized spacial score (nSPS) is 31.2. The lowest BCUT2D eigenvalue weighted by Gasteiger charge is -2.46. The van der Waals surface area contributed by atoms with Crippen molar-refractivity contribution in [1.29, 1.82) is 0 Å². The fourth-order valence-corrected chi connectivity index (χ4v) is 8.39. The number of para-hydroxylation sites is 2. The van der Waals surface area contributed by atoms with E-state index in [1.54, 1.807) is 6.92 Å². The predicted molar refractivity (Wildman–Crippen MR) is 146 cm³/mol. The van der Waals surface area contributed by atoms with Gasteiger partial charge in [-0.3, -0.25) is 19.3 Å². The topological polar surface area (TPSA) is 81.5 Å². The number of aromatic nitrogens is 2. The molecule has 38 heavy (non-hydrogen) atoms. The van der Waals surface area contributed by atoms with Crippen LogP contribution in [-0.4, -0.2) is 50.9 Å². The molecule has 1 aromatic carbocycles. The van der Waals surface area contributed by atoms with Crippen LogP contribution in [0.2, 0.25) is 0 Å². The molecule has 2 aliphatic heterocycles. The Morgan fingerprint density at radius 2 is 1.66 bits per heavy atom. The first-order valence-electron chi connectivity index (χ1n) is 15.0.